The van der Waals surface area contributed by atoms with E-state index in [-0.39, 0.29) is 12.8 Å². The zero-order valence-corrected chi connectivity index (χ0v) is 13.3. The van der Waals surface area contributed by atoms with Crippen molar-refractivity contribution >= 4 is 6.09 Å². The molecule has 0 radical (unpaired) electrons. The summed E-state index contributed by atoms with van der Waals surface area (Å²) in [4.78, 5) is 12.0. The Morgan fingerprint density at radius 3 is 2.32 bits per heavy atom. The summed E-state index contributed by atoms with van der Waals surface area (Å²) < 4.78 is 44.6. The lowest BCUT2D eigenvalue weighted by atomic mass is 9.74. The molecule has 1 aliphatic heterocycles. The number of amides is 1. The molecule has 128 valence electrons. The summed E-state index contributed by atoms with van der Waals surface area (Å²) in [5.41, 5.74) is -1.13. The highest BCUT2D eigenvalue weighted by Gasteiger charge is 2.56. The van der Waals surface area contributed by atoms with Crippen molar-refractivity contribution in [3.05, 3.63) is 0 Å². The number of hydrogen-bond acceptors (Lipinski definition) is 3. The standard InChI is InChI=1S/C15H25F3N2O2/c1-13(2,3)22-12(21)20-11-8-10(15(16,17)18)9-14(11)4-6-19-7-5-14/h10-11,19H,4-9H2,1-3H3,(H,20,21)/t10-,11+/m0/s1. The first-order valence-corrected chi connectivity index (χ1v) is 7.79. The lowest BCUT2D eigenvalue weighted by Gasteiger charge is -2.39. The highest BCUT2D eigenvalue weighted by Crippen LogP contribution is 2.52. The summed E-state index contributed by atoms with van der Waals surface area (Å²) in [6.07, 6.45) is -3.48. The fourth-order valence-electron chi connectivity index (χ4n) is 3.64. The molecule has 2 rings (SSSR count). The summed E-state index contributed by atoms with van der Waals surface area (Å²) in [7, 11) is 0. The normalized spacial score (nSPS) is 28.6. The van der Waals surface area contributed by atoms with E-state index in [1.165, 1.54) is 0 Å². The van der Waals surface area contributed by atoms with Gasteiger partial charge in [-0.15, -0.1) is 0 Å². The molecule has 0 aromatic heterocycles. The zero-order valence-electron chi connectivity index (χ0n) is 13.3. The van der Waals surface area contributed by atoms with Crippen molar-refractivity contribution in [3.8, 4) is 0 Å². The monoisotopic (exact) mass is 322 g/mol. The topological polar surface area (TPSA) is 50.4 Å². The molecular weight excluding hydrogens is 297 g/mol. The van der Waals surface area contributed by atoms with Crippen LogP contribution in [0.25, 0.3) is 0 Å². The van der Waals surface area contributed by atoms with E-state index < -0.39 is 35.2 Å². The smallest absolute Gasteiger partial charge is 0.407 e. The van der Waals surface area contributed by atoms with Gasteiger partial charge < -0.3 is 15.4 Å². The number of alkyl halides is 3. The lowest BCUT2D eigenvalue weighted by molar-refractivity contribution is -0.175. The maximum absolute atomic E-state index is 13.1. The van der Waals surface area contributed by atoms with Crippen molar-refractivity contribution in [2.24, 2.45) is 11.3 Å². The Bertz CT molecular complexity index is 412. The van der Waals surface area contributed by atoms with Gasteiger partial charge in [-0.25, -0.2) is 4.79 Å². The number of piperidine rings is 1. The summed E-state index contributed by atoms with van der Waals surface area (Å²) in [5, 5.41) is 5.89. The molecule has 1 amide bonds. The van der Waals surface area contributed by atoms with Gasteiger partial charge in [0.15, 0.2) is 0 Å². The Morgan fingerprint density at radius 1 is 1.23 bits per heavy atom. The maximum atomic E-state index is 13.1. The van der Waals surface area contributed by atoms with E-state index in [9.17, 15) is 18.0 Å². The summed E-state index contributed by atoms with van der Waals surface area (Å²) in [6, 6.07) is -0.476. The minimum absolute atomic E-state index is 0.0528. The van der Waals surface area contributed by atoms with Crippen molar-refractivity contribution < 1.29 is 22.7 Å². The van der Waals surface area contributed by atoms with E-state index in [0.717, 1.165) is 0 Å². The van der Waals surface area contributed by atoms with Gasteiger partial charge in [0.2, 0.25) is 0 Å². The Morgan fingerprint density at radius 2 is 1.82 bits per heavy atom. The lowest BCUT2D eigenvalue weighted by Crippen LogP contribution is -2.50. The van der Waals surface area contributed by atoms with Gasteiger partial charge in [0.1, 0.15) is 5.60 Å². The molecule has 0 unspecified atom stereocenters. The van der Waals surface area contributed by atoms with Crippen LogP contribution >= 0.6 is 0 Å². The second kappa shape index (κ2) is 5.91. The molecule has 22 heavy (non-hydrogen) atoms. The van der Waals surface area contributed by atoms with Gasteiger partial charge in [-0.2, -0.15) is 13.2 Å². The zero-order chi connectivity index (χ0) is 16.6. The number of carbonyl (C=O) groups excluding carboxylic acids is 1. The van der Waals surface area contributed by atoms with E-state index in [4.69, 9.17) is 4.74 Å². The number of rotatable bonds is 1. The van der Waals surface area contributed by atoms with Crippen molar-refractivity contribution in [2.45, 2.75) is 64.3 Å². The Hall–Kier alpha value is -0.980. The molecule has 2 atom stereocenters. The van der Waals surface area contributed by atoms with Gasteiger partial charge in [-0.3, -0.25) is 0 Å². The van der Waals surface area contributed by atoms with Crippen LogP contribution in [0.15, 0.2) is 0 Å². The van der Waals surface area contributed by atoms with Crippen LogP contribution in [0, 0.1) is 11.3 Å². The van der Waals surface area contributed by atoms with Gasteiger partial charge in [0.25, 0.3) is 0 Å². The second-order valence-electron chi connectivity index (χ2n) is 7.49. The quantitative estimate of drug-likeness (QED) is 0.779. The molecule has 1 spiro atoms. The van der Waals surface area contributed by atoms with Gasteiger partial charge in [-0.1, -0.05) is 0 Å². The van der Waals surface area contributed by atoms with Crippen LogP contribution in [0.1, 0.15) is 46.5 Å². The minimum Gasteiger partial charge on any atom is -0.444 e. The molecule has 7 heteroatoms. The molecule has 1 aliphatic carbocycles. The minimum atomic E-state index is -4.21. The molecule has 2 aliphatic rings. The first-order chi connectivity index (χ1) is 10.0. The third kappa shape index (κ3) is 4.06. The molecule has 2 N–H and O–H groups in total. The van der Waals surface area contributed by atoms with E-state index in [1.807, 2.05) is 0 Å². The Labute approximate surface area is 129 Å². The van der Waals surface area contributed by atoms with Crippen LogP contribution in [0.3, 0.4) is 0 Å². The molecule has 2 fully saturated rings. The highest BCUT2D eigenvalue weighted by atomic mass is 19.4. The number of nitrogens with one attached hydrogen (secondary N) is 2. The summed E-state index contributed by atoms with van der Waals surface area (Å²) in [5.74, 6) is -1.34. The molecule has 0 aromatic carbocycles. The molecule has 1 saturated heterocycles. The molecule has 0 bridgehead atoms. The fraction of sp³-hybridized carbons (Fsp3) is 0.933. The number of alkyl carbamates (subject to hydrolysis) is 1. The van der Waals surface area contributed by atoms with Crippen LogP contribution in [0.4, 0.5) is 18.0 Å². The van der Waals surface area contributed by atoms with Gasteiger partial charge >= 0.3 is 12.3 Å². The average Bonchev–Trinajstić information content (AvgIpc) is 2.66. The SMILES string of the molecule is CC(C)(C)OC(=O)N[C@@H]1C[C@H](C(F)(F)F)CC12CCNCC2. The van der Waals surface area contributed by atoms with Gasteiger partial charge in [0.05, 0.1) is 5.92 Å². The molecule has 0 aromatic rings. The van der Waals surface area contributed by atoms with Crippen LogP contribution in [0.2, 0.25) is 0 Å². The van der Waals surface area contributed by atoms with E-state index in [2.05, 4.69) is 10.6 Å². The third-order valence-electron chi connectivity index (χ3n) is 4.67. The van der Waals surface area contributed by atoms with Gasteiger partial charge in [-0.05, 0) is 65.0 Å². The van der Waals surface area contributed by atoms with Crippen LogP contribution in [0.5, 0.6) is 0 Å². The maximum Gasteiger partial charge on any atom is 0.407 e. The van der Waals surface area contributed by atoms with Crippen LogP contribution in [-0.4, -0.2) is 37.0 Å². The molecule has 1 saturated carbocycles. The summed E-state index contributed by atoms with van der Waals surface area (Å²) >= 11 is 0. The number of halogens is 3. The van der Waals surface area contributed by atoms with Crippen LogP contribution in [-0.2, 0) is 4.74 Å². The van der Waals surface area contributed by atoms with Crippen molar-refractivity contribution in [3.63, 3.8) is 0 Å². The van der Waals surface area contributed by atoms with Crippen molar-refractivity contribution in [2.75, 3.05) is 13.1 Å². The number of hydrogen-bond donors (Lipinski definition) is 2. The Kier molecular flexibility index (Phi) is 4.66. The number of ether oxygens (including phenoxy) is 1. The van der Waals surface area contributed by atoms with Crippen LogP contribution < -0.4 is 10.6 Å². The molecule has 4 nitrogen and oxygen atoms in total. The predicted octanol–water partition coefficient (Wildman–Crippen LogP) is 3.22. The van der Waals surface area contributed by atoms with E-state index in [0.29, 0.717) is 25.9 Å². The second-order valence-corrected chi connectivity index (χ2v) is 7.49. The first kappa shape index (κ1) is 17.4. The largest absolute Gasteiger partial charge is 0.444 e. The fourth-order valence-corrected chi connectivity index (χ4v) is 3.64. The van der Waals surface area contributed by atoms with E-state index >= 15 is 0 Å². The van der Waals surface area contributed by atoms with Gasteiger partial charge in [0, 0.05) is 6.04 Å². The molecular formula is C15H25F3N2O2. The highest BCUT2D eigenvalue weighted by molar-refractivity contribution is 5.68. The summed E-state index contributed by atoms with van der Waals surface area (Å²) in [6.45, 7) is 6.59. The van der Waals surface area contributed by atoms with Crippen molar-refractivity contribution in [1.82, 2.24) is 10.6 Å². The third-order valence-corrected chi connectivity index (χ3v) is 4.67. The first-order valence-electron chi connectivity index (χ1n) is 7.79. The predicted molar refractivity (Wildman–Crippen MR) is 76.5 cm³/mol. The van der Waals surface area contributed by atoms with E-state index in [1.54, 1.807) is 20.8 Å². The van der Waals surface area contributed by atoms with Crippen molar-refractivity contribution in [1.29, 1.82) is 0 Å². The Balaban J connectivity index is 2.10. The average molecular weight is 322 g/mol. The number of carbonyl (C=O) groups is 1. The molecule has 1 heterocycles.